The summed E-state index contributed by atoms with van der Waals surface area (Å²) in [5, 5.41) is 0. The second kappa shape index (κ2) is 12.3. The van der Waals surface area contributed by atoms with Crippen LogP contribution in [0.4, 0.5) is 5.69 Å². The molecular formula is C18H26BrClN2O2. The fraction of sp³-hybridized carbons (Fsp3) is 0.556. The van der Waals surface area contributed by atoms with E-state index in [4.69, 9.17) is 22.1 Å². The van der Waals surface area contributed by atoms with Crippen LogP contribution in [0.5, 0.6) is 0 Å². The van der Waals surface area contributed by atoms with Crippen LogP contribution < -0.4 is 5.73 Å². The van der Waals surface area contributed by atoms with E-state index >= 15 is 0 Å². The average Bonchev–Trinajstić information content (AvgIpc) is 2.58. The lowest BCUT2D eigenvalue weighted by molar-refractivity contribution is 0.0500. The van der Waals surface area contributed by atoms with Crippen molar-refractivity contribution >= 4 is 45.4 Å². The molecule has 0 unspecified atom stereocenters. The van der Waals surface area contributed by atoms with Gasteiger partial charge in [-0.3, -0.25) is 4.99 Å². The first kappa shape index (κ1) is 21.0. The van der Waals surface area contributed by atoms with Gasteiger partial charge in [0.15, 0.2) is 0 Å². The summed E-state index contributed by atoms with van der Waals surface area (Å²) in [7, 11) is 0. The van der Waals surface area contributed by atoms with Gasteiger partial charge in [-0.25, -0.2) is 4.79 Å². The molecule has 0 amide bonds. The number of hydrogen-bond acceptors (Lipinski definition) is 4. The fourth-order valence-electron chi connectivity index (χ4n) is 2.10. The largest absolute Gasteiger partial charge is 0.462 e. The van der Waals surface area contributed by atoms with Gasteiger partial charge in [0, 0.05) is 28.7 Å². The van der Waals surface area contributed by atoms with Crippen LogP contribution in [0.1, 0.15) is 61.4 Å². The third-order valence-electron chi connectivity index (χ3n) is 3.53. The topological polar surface area (TPSA) is 64.7 Å². The monoisotopic (exact) mass is 416 g/mol. The van der Waals surface area contributed by atoms with Crippen LogP contribution >= 0.6 is 27.5 Å². The van der Waals surface area contributed by atoms with Crippen LogP contribution in [0.15, 0.2) is 21.6 Å². The number of benzene rings is 1. The van der Waals surface area contributed by atoms with E-state index in [1.165, 1.54) is 19.3 Å². The number of nitrogen functional groups attached to an aromatic ring is 1. The smallest absolute Gasteiger partial charge is 0.338 e. The Morgan fingerprint density at radius 2 is 2.08 bits per heavy atom. The van der Waals surface area contributed by atoms with Gasteiger partial charge < -0.3 is 10.5 Å². The minimum Gasteiger partial charge on any atom is -0.462 e. The van der Waals surface area contributed by atoms with Gasteiger partial charge in [-0.1, -0.05) is 26.2 Å². The van der Waals surface area contributed by atoms with Crippen LogP contribution in [0.3, 0.4) is 0 Å². The Labute approximate surface area is 157 Å². The van der Waals surface area contributed by atoms with Crippen molar-refractivity contribution < 1.29 is 9.53 Å². The Morgan fingerprint density at radius 1 is 1.29 bits per heavy atom. The number of alkyl halides is 1. The highest BCUT2D eigenvalue weighted by molar-refractivity contribution is 9.10. The number of aliphatic imine (C=N–C) groups is 1. The SMILES string of the molecule is CCCCCCN=Cc1cc(C(=O)OCCCCCl)cc(Br)c1N. The zero-order valence-electron chi connectivity index (χ0n) is 14.2. The van der Waals surface area contributed by atoms with E-state index in [9.17, 15) is 4.79 Å². The van der Waals surface area contributed by atoms with E-state index < -0.39 is 0 Å². The number of anilines is 1. The van der Waals surface area contributed by atoms with Gasteiger partial charge in [-0.2, -0.15) is 0 Å². The maximum atomic E-state index is 12.1. The second-order valence-electron chi connectivity index (χ2n) is 5.59. The van der Waals surface area contributed by atoms with Gasteiger partial charge in [-0.05, 0) is 47.3 Å². The number of carbonyl (C=O) groups is 1. The summed E-state index contributed by atoms with van der Waals surface area (Å²) >= 11 is 9.00. The molecule has 0 aliphatic rings. The second-order valence-corrected chi connectivity index (χ2v) is 6.82. The summed E-state index contributed by atoms with van der Waals surface area (Å²) in [6, 6.07) is 3.40. The van der Waals surface area contributed by atoms with E-state index in [-0.39, 0.29) is 5.97 Å². The maximum absolute atomic E-state index is 12.1. The highest BCUT2D eigenvalue weighted by Crippen LogP contribution is 2.25. The third-order valence-corrected chi connectivity index (χ3v) is 4.45. The molecule has 1 rings (SSSR count). The first-order chi connectivity index (χ1) is 11.6. The fourth-order valence-corrected chi connectivity index (χ4v) is 2.77. The highest BCUT2D eigenvalue weighted by atomic mass is 79.9. The number of hydrogen-bond donors (Lipinski definition) is 1. The molecule has 0 radical (unpaired) electrons. The van der Waals surface area contributed by atoms with Gasteiger partial charge in [0.05, 0.1) is 17.9 Å². The van der Waals surface area contributed by atoms with Crippen LogP contribution in [-0.4, -0.2) is 31.2 Å². The molecule has 1 aromatic carbocycles. The number of carbonyl (C=O) groups excluding carboxylic acids is 1. The standard InChI is InChI=1S/C18H26BrClN2O2/c1-2-3-4-6-9-22-13-15-11-14(12-16(19)17(15)21)18(23)24-10-7-5-8-20/h11-13H,2-10,21H2,1H3. The van der Waals surface area contributed by atoms with Crippen LogP contribution in [0.25, 0.3) is 0 Å². The zero-order valence-corrected chi connectivity index (χ0v) is 16.5. The minimum atomic E-state index is -0.358. The van der Waals surface area contributed by atoms with Gasteiger partial charge in [0.25, 0.3) is 0 Å². The summed E-state index contributed by atoms with van der Waals surface area (Å²) in [5.74, 6) is 0.215. The van der Waals surface area contributed by atoms with E-state index in [1.807, 2.05) is 0 Å². The predicted octanol–water partition coefficient (Wildman–Crippen LogP) is 5.21. The average molecular weight is 418 g/mol. The van der Waals surface area contributed by atoms with E-state index in [2.05, 4.69) is 27.8 Å². The van der Waals surface area contributed by atoms with Crippen LogP contribution in [0, 0.1) is 0 Å². The van der Waals surface area contributed by atoms with Gasteiger partial charge in [-0.15, -0.1) is 11.6 Å². The molecule has 0 bridgehead atoms. The third kappa shape index (κ3) is 7.67. The maximum Gasteiger partial charge on any atom is 0.338 e. The molecule has 6 heteroatoms. The van der Waals surface area contributed by atoms with Crippen LogP contribution in [0.2, 0.25) is 0 Å². The summed E-state index contributed by atoms with van der Waals surface area (Å²) in [4.78, 5) is 16.5. The number of nitrogens with two attached hydrogens (primary N) is 1. The molecule has 4 nitrogen and oxygen atoms in total. The molecule has 0 heterocycles. The Morgan fingerprint density at radius 3 is 2.79 bits per heavy atom. The zero-order chi connectivity index (χ0) is 17.8. The molecule has 0 saturated carbocycles. The van der Waals surface area contributed by atoms with Crippen molar-refractivity contribution in [1.82, 2.24) is 0 Å². The van der Waals surface area contributed by atoms with Crippen molar-refractivity contribution in [2.45, 2.75) is 45.4 Å². The molecule has 0 aliphatic carbocycles. The summed E-state index contributed by atoms with van der Waals surface area (Å²) in [6.07, 6.45) is 8.01. The van der Waals surface area contributed by atoms with Crippen molar-refractivity contribution in [3.8, 4) is 0 Å². The molecule has 0 spiro atoms. The molecule has 0 atom stereocenters. The highest BCUT2D eigenvalue weighted by Gasteiger charge is 2.12. The lowest BCUT2D eigenvalue weighted by Gasteiger charge is -2.08. The van der Waals surface area contributed by atoms with Crippen molar-refractivity contribution in [2.75, 3.05) is 24.8 Å². The predicted molar refractivity (Wildman–Crippen MR) is 105 cm³/mol. The number of ether oxygens (including phenoxy) is 1. The Bertz CT molecular complexity index is 550. The molecule has 1 aromatic rings. The molecule has 134 valence electrons. The Kier molecular flexibility index (Phi) is 10.8. The molecule has 0 aliphatic heterocycles. The van der Waals surface area contributed by atoms with Gasteiger partial charge in [0.1, 0.15) is 0 Å². The molecule has 24 heavy (non-hydrogen) atoms. The number of unbranched alkanes of at least 4 members (excludes halogenated alkanes) is 4. The minimum absolute atomic E-state index is 0.358. The van der Waals surface area contributed by atoms with E-state index in [0.29, 0.717) is 28.2 Å². The molecule has 2 N–H and O–H groups in total. The molecule has 0 saturated heterocycles. The number of esters is 1. The van der Waals surface area contributed by atoms with Crippen molar-refractivity contribution in [3.05, 3.63) is 27.7 Å². The van der Waals surface area contributed by atoms with E-state index in [0.717, 1.165) is 31.4 Å². The van der Waals surface area contributed by atoms with Crippen molar-refractivity contribution in [2.24, 2.45) is 4.99 Å². The first-order valence-corrected chi connectivity index (χ1v) is 9.74. The van der Waals surface area contributed by atoms with Crippen molar-refractivity contribution in [1.29, 1.82) is 0 Å². The molecular weight excluding hydrogens is 392 g/mol. The van der Waals surface area contributed by atoms with E-state index in [1.54, 1.807) is 18.3 Å². The van der Waals surface area contributed by atoms with Gasteiger partial charge in [0.2, 0.25) is 0 Å². The number of halogens is 2. The molecule has 0 fully saturated rings. The summed E-state index contributed by atoms with van der Waals surface area (Å²) in [5.41, 5.74) is 7.82. The Balaban J connectivity index is 2.67. The molecule has 0 aromatic heterocycles. The lowest BCUT2D eigenvalue weighted by Crippen LogP contribution is -2.08. The van der Waals surface area contributed by atoms with Crippen LogP contribution in [-0.2, 0) is 4.74 Å². The van der Waals surface area contributed by atoms with Gasteiger partial charge >= 0.3 is 5.97 Å². The lowest BCUT2D eigenvalue weighted by atomic mass is 10.1. The van der Waals surface area contributed by atoms with Crippen molar-refractivity contribution in [3.63, 3.8) is 0 Å². The summed E-state index contributed by atoms with van der Waals surface area (Å²) in [6.45, 7) is 3.32. The quantitative estimate of drug-likeness (QED) is 0.177. The normalized spacial score (nSPS) is 11.1. The summed E-state index contributed by atoms with van der Waals surface area (Å²) < 4.78 is 5.92. The number of rotatable bonds is 11. The number of nitrogens with zero attached hydrogens (tertiary/aromatic N) is 1. The Hall–Kier alpha value is -1.07. The first-order valence-electron chi connectivity index (χ1n) is 8.42.